The summed E-state index contributed by atoms with van der Waals surface area (Å²) in [4.78, 5) is 24.1. The zero-order chi connectivity index (χ0) is 12.8. The molecule has 4 nitrogen and oxygen atoms in total. The fraction of sp³-hybridized carbons (Fsp3) is 0.846. The third kappa shape index (κ3) is 4.75. The van der Waals surface area contributed by atoms with Gasteiger partial charge in [-0.2, -0.15) is 0 Å². The molecule has 1 saturated heterocycles. The van der Waals surface area contributed by atoms with E-state index in [9.17, 15) is 9.59 Å². The van der Waals surface area contributed by atoms with Crippen molar-refractivity contribution in [3.63, 3.8) is 0 Å². The van der Waals surface area contributed by atoms with Gasteiger partial charge in [-0.1, -0.05) is 13.8 Å². The molecule has 1 N–H and O–H groups in total. The molecular formula is C13H23NO3. The number of likely N-dealkylation sites (tertiary alicyclic amines) is 1. The number of rotatable bonds is 5. The van der Waals surface area contributed by atoms with Gasteiger partial charge >= 0.3 is 5.97 Å². The van der Waals surface area contributed by atoms with Crippen LogP contribution in [-0.2, 0) is 9.59 Å². The van der Waals surface area contributed by atoms with Crippen LogP contribution >= 0.6 is 0 Å². The first-order valence-corrected chi connectivity index (χ1v) is 6.50. The Bertz CT molecular complexity index is 278. The maximum absolute atomic E-state index is 11.9. The van der Waals surface area contributed by atoms with E-state index in [0.717, 1.165) is 19.5 Å². The van der Waals surface area contributed by atoms with Gasteiger partial charge in [0.25, 0.3) is 0 Å². The Hall–Kier alpha value is -1.06. The van der Waals surface area contributed by atoms with E-state index < -0.39 is 5.97 Å². The summed E-state index contributed by atoms with van der Waals surface area (Å²) in [5.74, 6) is 0.685. The molecule has 1 fully saturated rings. The van der Waals surface area contributed by atoms with Crippen molar-refractivity contribution in [2.24, 2.45) is 11.8 Å². The molecule has 0 aliphatic carbocycles. The number of piperidine rings is 1. The minimum Gasteiger partial charge on any atom is -0.481 e. The average Bonchev–Trinajstić information content (AvgIpc) is 2.27. The van der Waals surface area contributed by atoms with Crippen molar-refractivity contribution in [1.29, 1.82) is 0 Å². The second-order valence-corrected chi connectivity index (χ2v) is 5.18. The number of unbranched alkanes of at least 4 members (excludes halogenated alkanes) is 1. The van der Waals surface area contributed by atoms with Crippen molar-refractivity contribution >= 4 is 11.9 Å². The molecule has 1 aliphatic rings. The Morgan fingerprint density at radius 1 is 1.18 bits per heavy atom. The lowest BCUT2D eigenvalue weighted by Gasteiger charge is -2.35. The summed E-state index contributed by atoms with van der Waals surface area (Å²) in [6.07, 6.45) is 3.03. The zero-order valence-electron chi connectivity index (χ0n) is 10.8. The van der Waals surface area contributed by atoms with Crippen molar-refractivity contribution in [1.82, 2.24) is 4.90 Å². The normalized spacial score (nSPS) is 24.7. The highest BCUT2D eigenvalue weighted by Gasteiger charge is 2.25. The van der Waals surface area contributed by atoms with E-state index in [1.807, 2.05) is 4.90 Å². The van der Waals surface area contributed by atoms with Crippen LogP contribution in [0, 0.1) is 11.8 Å². The van der Waals surface area contributed by atoms with Crippen molar-refractivity contribution in [3.8, 4) is 0 Å². The van der Waals surface area contributed by atoms with Gasteiger partial charge in [0.2, 0.25) is 5.91 Å². The molecular weight excluding hydrogens is 218 g/mol. The second kappa shape index (κ2) is 6.62. The molecule has 2 unspecified atom stereocenters. The first-order valence-electron chi connectivity index (χ1n) is 6.50. The van der Waals surface area contributed by atoms with Crippen LogP contribution in [0.5, 0.6) is 0 Å². The molecule has 0 aromatic carbocycles. The molecule has 1 aliphatic heterocycles. The minimum absolute atomic E-state index is 0.167. The maximum atomic E-state index is 11.9. The number of carbonyl (C=O) groups is 2. The van der Waals surface area contributed by atoms with Gasteiger partial charge in [0.05, 0.1) is 0 Å². The Labute approximate surface area is 103 Å². The van der Waals surface area contributed by atoms with E-state index in [4.69, 9.17) is 5.11 Å². The van der Waals surface area contributed by atoms with E-state index in [0.29, 0.717) is 31.1 Å². The number of aliphatic carboxylic acids is 1. The number of carboxylic acids is 1. The predicted molar refractivity (Wildman–Crippen MR) is 65.6 cm³/mol. The summed E-state index contributed by atoms with van der Waals surface area (Å²) in [6.45, 7) is 6.15. The Kier molecular flexibility index (Phi) is 5.45. The van der Waals surface area contributed by atoms with Crippen LogP contribution in [0.15, 0.2) is 0 Å². The second-order valence-electron chi connectivity index (χ2n) is 5.18. The molecule has 98 valence electrons. The molecule has 2 atom stereocenters. The molecule has 0 spiro atoms. The Balaban J connectivity index is 2.21. The Morgan fingerprint density at radius 3 is 2.41 bits per heavy atom. The smallest absolute Gasteiger partial charge is 0.303 e. The fourth-order valence-corrected chi connectivity index (χ4v) is 2.20. The van der Waals surface area contributed by atoms with Crippen molar-refractivity contribution < 1.29 is 14.7 Å². The summed E-state index contributed by atoms with van der Waals surface area (Å²) in [5, 5.41) is 8.50. The molecule has 0 bridgehead atoms. The van der Waals surface area contributed by atoms with Crippen molar-refractivity contribution in [3.05, 3.63) is 0 Å². The largest absolute Gasteiger partial charge is 0.481 e. The number of amides is 1. The monoisotopic (exact) mass is 241 g/mol. The van der Waals surface area contributed by atoms with Crippen molar-refractivity contribution in [2.75, 3.05) is 13.1 Å². The number of nitrogens with zero attached hydrogens (tertiary/aromatic N) is 1. The van der Waals surface area contributed by atoms with Gasteiger partial charge in [0.15, 0.2) is 0 Å². The molecule has 1 rings (SSSR count). The summed E-state index contributed by atoms with van der Waals surface area (Å²) in [7, 11) is 0. The molecule has 4 heteroatoms. The number of hydrogen-bond donors (Lipinski definition) is 1. The molecule has 0 saturated carbocycles. The highest BCUT2D eigenvalue weighted by Crippen LogP contribution is 2.23. The Morgan fingerprint density at radius 2 is 1.82 bits per heavy atom. The lowest BCUT2D eigenvalue weighted by atomic mass is 9.88. The lowest BCUT2D eigenvalue weighted by molar-refractivity contribution is -0.138. The van der Waals surface area contributed by atoms with E-state index in [1.165, 1.54) is 0 Å². The van der Waals surface area contributed by atoms with Gasteiger partial charge < -0.3 is 10.0 Å². The third-order valence-electron chi connectivity index (χ3n) is 3.72. The van der Waals surface area contributed by atoms with E-state index in [1.54, 1.807) is 0 Å². The van der Waals surface area contributed by atoms with Crippen LogP contribution in [0.1, 0.15) is 46.0 Å². The number of hydrogen-bond acceptors (Lipinski definition) is 2. The average molecular weight is 241 g/mol. The number of carbonyl (C=O) groups excluding carboxylic acids is 1. The summed E-state index contributed by atoms with van der Waals surface area (Å²) in [6, 6.07) is 0. The third-order valence-corrected chi connectivity index (χ3v) is 3.72. The summed E-state index contributed by atoms with van der Waals surface area (Å²) < 4.78 is 0. The highest BCUT2D eigenvalue weighted by atomic mass is 16.4. The van der Waals surface area contributed by atoms with Gasteiger partial charge in [-0.25, -0.2) is 0 Å². The number of carboxylic acid groups (broad SMARTS) is 1. The zero-order valence-corrected chi connectivity index (χ0v) is 10.8. The molecule has 0 aromatic heterocycles. The highest BCUT2D eigenvalue weighted by molar-refractivity contribution is 5.76. The SMILES string of the molecule is CC1CCN(C(=O)CCCCC(=O)O)CC1C. The first kappa shape index (κ1) is 14.0. The van der Waals surface area contributed by atoms with Crippen LogP contribution in [0.4, 0.5) is 0 Å². The first-order chi connectivity index (χ1) is 8.00. The fourth-order valence-electron chi connectivity index (χ4n) is 2.20. The van der Waals surface area contributed by atoms with Crippen LogP contribution in [0.3, 0.4) is 0 Å². The molecule has 1 heterocycles. The lowest BCUT2D eigenvalue weighted by Crippen LogP contribution is -2.42. The molecule has 0 aromatic rings. The van der Waals surface area contributed by atoms with Crippen molar-refractivity contribution in [2.45, 2.75) is 46.0 Å². The van der Waals surface area contributed by atoms with Crippen LogP contribution in [0.2, 0.25) is 0 Å². The van der Waals surface area contributed by atoms with Crippen LogP contribution in [0.25, 0.3) is 0 Å². The van der Waals surface area contributed by atoms with Crippen LogP contribution < -0.4 is 0 Å². The van der Waals surface area contributed by atoms with Gasteiger partial charge in [-0.05, 0) is 31.1 Å². The molecule has 17 heavy (non-hydrogen) atoms. The predicted octanol–water partition coefficient (Wildman–Crippen LogP) is 2.14. The topological polar surface area (TPSA) is 57.6 Å². The molecule has 0 radical (unpaired) electrons. The van der Waals surface area contributed by atoms with Gasteiger partial charge in [0.1, 0.15) is 0 Å². The molecule has 1 amide bonds. The van der Waals surface area contributed by atoms with Gasteiger partial charge in [0, 0.05) is 25.9 Å². The van der Waals surface area contributed by atoms with Gasteiger partial charge in [-0.3, -0.25) is 9.59 Å². The summed E-state index contributed by atoms with van der Waals surface area (Å²) in [5.41, 5.74) is 0. The van der Waals surface area contributed by atoms with Gasteiger partial charge in [-0.15, -0.1) is 0 Å². The van der Waals surface area contributed by atoms with E-state index in [2.05, 4.69) is 13.8 Å². The maximum Gasteiger partial charge on any atom is 0.303 e. The quantitative estimate of drug-likeness (QED) is 0.750. The minimum atomic E-state index is -0.780. The standard InChI is InChI=1S/C13H23NO3/c1-10-7-8-14(9-11(10)2)12(15)5-3-4-6-13(16)17/h10-11H,3-9H2,1-2H3,(H,16,17). The summed E-state index contributed by atoms with van der Waals surface area (Å²) >= 11 is 0. The van der Waals surface area contributed by atoms with E-state index >= 15 is 0 Å². The van der Waals surface area contributed by atoms with E-state index in [-0.39, 0.29) is 12.3 Å². The van der Waals surface area contributed by atoms with Crippen LogP contribution in [-0.4, -0.2) is 35.0 Å².